The number of hydrogen-bond donors (Lipinski definition) is 0. The minimum Gasteiger partial charge on any atom is -0.489 e. The van der Waals surface area contributed by atoms with Crippen LogP contribution in [0.15, 0.2) is 18.2 Å². The van der Waals surface area contributed by atoms with Gasteiger partial charge in [-0.2, -0.15) is 0 Å². The van der Waals surface area contributed by atoms with E-state index in [2.05, 4.69) is 4.90 Å². The van der Waals surface area contributed by atoms with Gasteiger partial charge in [0.25, 0.3) is 0 Å². The molecule has 3 atom stereocenters. The fourth-order valence-electron chi connectivity index (χ4n) is 4.07. The topological polar surface area (TPSA) is 48.0 Å². The van der Waals surface area contributed by atoms with Crippen LogP contribution in [-0.4, -0.2) is 49.3 Å². The maximum Gasteiger partial charge on any atom is 0.338 e. The molecule has 0 radical (unpaired) electrons. The molecule has 1 saturated carbocycles. The summed E-state index contributed by atoms with van der Waals surface area (Å²) in [6, 6.07) is 6.14. The van der Waals surface area contributed by atoms with Gasteiger partial charge in [0.1, 0.15) is 18.5 Å². The highest BCUT2D eigenvalue weighted by molar-refractivity contribution is 5.93. The first-order valence-corrected chi connectivity index (χ1v) is 8.48. The van der Waals surface area contributed by atoms with Crippen molar-refractivity contribution >= 4 is 5.97 Å². The third-order valence-corrected chi connectivity index (χ3v) is 5.34. The van der Waals surface area contributed by atoms with Crippen molar-refractivity contribution in [2.75, 3.05) is 20.2 Å². The predicted molar refractivity (Wildman–Crippen MR) is 84.6 cm³/mol. The molecule has 2 aliphatic heterocycles. The smallest absolute Gasteiger partial charge is 0.338 e. The van der Waals surface area contributed by atoms with Gasteiger partial charge in [0.05, 0.1) is 11.7 Å². The summed E-state index contributed by atoms with van der Waals surface area (Å²) >= 11 is 0. The lowest BCUT2D eigenvalue weighted by atomic mass is 10.1. The Morgan fingerprint density at radius 1 is 1.26 bits per heavy atom. The number of nitrogens with zero attached hydrogens (tertiary/aromatic N) is 1. The lowest BCUT2D eigenvalue weighted by Gasteiger charge is -2.29. The van der Waals surface area contributed by atoms with Gasteiger partial charge >= 0.3 is 5.97 Å². The van der Waals surface area contributed by atoms with Crippen molar-refractivity contribution in [1.29, 1.82) is 0 Å². The molecule has 0 amide bonds. The standard InChI is InChI=1S/C18H23NO4/c1-21-14-7-8-19(10-14)16-3-2-4-17(16)23-13-5-6-15-12(9-13)11-22-18(15)20/h5-6,9,14,16-17H,2-4,7-8,10-11H2,1H3. The van der Waals surface area contributed by atoms with Crippen LogP contribution >= 0.6 is 0 Å². The van der Waals surface area contributed by atoms with Gasteiger partial charge in [-0.3, -0.25) is 4.90 Å². The summed E-state index contributed by atoms with van der Waals surface area (Å²) in [6.45, 7) is 2.46. The van der Waals surface area contributed by atoms with E-state index in [1.54, 1.807) is 7.11 Å². The zero-order valence-corrected chi connectivity index (χ0v) is 13.5. The number of carbonyl (C=O) groups excluding carboxylic acids is 1. The van der Waals surface area contributed by atoms with Crippen LogP contribution in [0.5, 0.6) is 5.75 Å². The third kappa shape index (κ3) is 2.83. The highest BCUT2D eigenvalue weighted by Gasteiger charge is 2.37. The van der Waals surface area contributed by atoms with Crippen molar-refractivity contribution in [3.63, 3.8) is 0 Å². The first kappa shape index (κ1) is 15.0. The van der Waals surface area contributed by atoms with E-state index in [0.717, 1.165) is 37.2 Å². The zero-order chi connectivity index (χ0) is 15.8. The number of carbonyl (C=O) groups is 1. The Morgan fingerprint density at radius 2 is 2.17 bits per heavy atom. The van der Waals surface area contributed by atoms with E-state index < -0.39 is 0 Å². The van der Waals surface area contributed by atoms with Gasteiger partial charge in [-0.05, 0) is 43.9 Å². The maximum absolute atomic E-state index is 11.5. The lowest BCUT2D eigenvalue weighted by molar-refractivity contribution is 0.0534. The normalized spacial score (nSPS) is 30.5. The Kier molecular flexibility index (Phi) is 3.99. The fraction of sp³-hybridized carbons (Fsp3) is 0.611. The van der Waals surface area contributed by atoms with Crippen LogP contribution in [0.25, 0.3) is 0 Å². The molecule has 0 aromatic heterocycles. The minimum absolute atomic E-state index is 0.224. The highest BCUT2D eigenvalue weighted by Crippen LogP contribution is 2.32. The summed E-state index contributed by atoms with van der Waals surface area (Å²) < 4.78 is 16.8. The Hall–Kier alpha value is -1.59. The third-order valence-electron chi connectivity index (χ3n) is 5.34. The van der Waals surface area contributed by atoms with Crippen LogP contribution in [0, 0.1) is 0 Å². The molecule has 1 saturated heterocycles. The van der Waals surface area contributed by atoms with Crippen molar-refractivity contribution in [2.45, 2.75) is 50.5 Å². The summed E-state index contributed by atoms with van der Waals surface area (Å²) in [5.74, 6) is 0.620. The molecular formula is C18H23NO4. The molecule has 1 aliphatic carbocycles. The average molecular weight is 317 g/mol. The number of ether oxygens (including phenoxy) is 3. The van der Waals surface area contributed by atoms with Gasteiger partial charge in [0.2, 0.25) is 0 Å². The molecule has 0 N–H and O–H groups in total. The predicted octanol–water partition coefficient (Wildman–Crippen LogP) is 2.38. The second-order valence-corrected chi connectivity index (χ2v) is 6.69. The first-order chi connectivity index (χ1) is 11.2. The molecule has 5 nitrogen and oxygen atoms in total. The maximum atomic E-state index is 11.5. The number of cyclic esters (lactones) is 1. The van der Waals surface area contributed by atoms with Crippen LogP contribution < -0.4 is 4.74 Å². The average Bonchev–Trinajstić information content (AvgIpc) is 3.27. The molecule has 1 aromatic carbocycles. The van der Waals surface area contributed by atoms with E-state index in [1.807, 2.05) is 18.2 Å². The molecule has 5 heteroatoms. The molecule has 2 heterocycles. The molecule has 4 rings (SSSR count). The highest BCUT2D eigenvalue weighted by atomic mass is 16.5. The van der Waals surface area contributed by atoms with Crippen molar-refractivity contribution in [3.05, 3.63) is 29.3 Å². The van der Waals surface area contributed by atoms with Crippen molar-refractivity contribution in [1.82, 2.24) is 4.90 Å². The number of fused-ring (bicyclic) bond motifs is 1. The number of benzene rings is 1. The first-order valence-electron chi connectivity index (χ1n) is 8.48. The van der Waals surface area contributed by atoms with Crippen molar-refractivity contribution in [2.24, 2.45) is 0 Å². The Labute approximate surface area is 136 Å². The molecule has 23 heavy (non-hydrogen) atoms. The molecule has 1 aromatic rings. The number of hydrogen-bond acceptors (Lipinski definition) is 5. The quantitative estimate of drug-likeness (QED) is 0.798. The van der Waals surface area contributed by atoms with Gasteiger partial charge < -0.3 is 14.2 Å². The Bertz CT molecular complexity index is 603. The van der Waals surface area contributed by atoms with Gasteiger partial charge in [0, 0.05) is 31.8 Å². The van der Waals surface area contributed by atoms with E-state index >= 15 is 0 Å². The van der Waals surface area contributed by atoms with Crippen LogP contribution in [0.1, 0.15) is 41.6 Å². The summed E-state index contributed by atoms with van der Waals surface area (Å²) in [4.78, 5) is 14.0. The molecule has 2 fully saturated rings. The Morgan fingerprint density at radius 3 is 3.00 bits per heavy atom. The largest absolute Gasteiger partial charge is 0.489 e. The Balaban J connectivity index is 1.45. The van der Waals surface area contributed by atoms with E-state index in [4.69, 9.17) is 14.2 Å². The molecule has 0 bridgehead atoms. The van der Waals surface area contributed by atoms with Gasteiger partial charge in [-0.15, -0.1) is 0 Å². The number of rotatable bonds is 4. The van der Waals surface area contributed by atoms with E-state index in [9.17, 15) is 4.79 Å². The zero-order valence-electron chi connectivity index (χ0n) is 13.5. The second kappa shape index (κ2) is 6.13. The monoisotopic (exact) mass is 317 g/mol. The van der Waals surface area contributed by atoms with Crippen LogP contribution in [-0.2, 0) is 16.1 Å². The molecule has 3 aliphatic rings. The van der Waals surface area contributed by atoms with Gasteiger partial charge in [-0.25, -0.2) is 4.79 Å². The summed E-state index contributed by atoms with van der Waals surface area (Å²) in [5, 5.41) is 0. The number of methoxy groups -OCH3 is 1. The molecular weight excluding hydrogens is 294 g/mol. The SMILES string of the molecule is COC1CCN(C2CCCC2Oc2ccc3c(c2)COC3=O)C1. The molecule has 3 unspecified atom stereocenters. The summed E-state index contributed by atoms with van der Waals surface area (Å²) in [7, 11) is 1.80. The van der Waals surface area contributed by atoms with E-state index in [0.29, 0.717) is 24.3 Å². The second-order valence-electron chi connectivity index (χ2n) is 6.69. The molecule has 0 spiro atoms. The molecule has 124 valence electrons. The summed E-state index contributed by atoms with van der Waals surface area (Å²) in [5.41, 5.74) is 1.60. The summed E-state index contributed by atoms with van der Waals surface area (Å²) in [6.07, 6.45) is 5.17. The fourth-order valence-corrected chi connectivity index (χ4v) is 4.07. The number of likely N-dealkylation sites (tertiary alicyclic amines) is 1. The van der Waals surface area contributed by atoms with Crippen molar-refractivity contribution < 1.29 is 19.0 Å². The van der Waals surface area contributed by atoms with Crippen LogP contribution in [0.3, 0.4) is 0 Å². The van der Waals surface area contributed by atoms with Crippen LogP contribution in [0.4, 0.5) is 0 Å². The lowest BCUT2D eigenvalue weighted by Crippen LogP contribution is -2.42. The van der Waals surface area contributed by atoms with E-state index in [1.165, 1.54) is 12.8 Å². The van der Waals surface area contributed by atoms with Gasteiger partial charge in [0.15, 0.2) is 0 Å². The van der Waals surface area contributed by atoms with Gasteiger partial charge in [-0.1, -0.05) is 0 Å². The number of esters is 1. The van der Waals surface area contributed by atoms with Crippen molar-refractivity contribution in [3.8, 4) is 5.75 Å². The minimum atomic E-state index is -0.229. The van der Waals surface area contributed by atoms with E-state index in [-0.39, 0.29) is 12.1 Å². The van der Waals surface area contributed by atoms with Crippen LogP contribution in [0.2, 0.25) is 0 Å².